The molecule has 5 aromatic rings. The maximum absolute atomic E-state index is 13.2. The van der Waals surface area contributed by atoms with Crippen LogP contribution in [-0.2, 0) is 13.1 Å². The number of thiazole rings is 1. The maximum Gasteiger partial charge on any atom is 0.261 e. The molecule has 0 saturated carbocycles. The second-order valence-electron chi connectivity index (χ2n) is 7.24. The first-order chi connectivity index (χ1) is 15.6. The van der Waals surface area contributed by atoms with E-state index in [-0.39, 0.29) is 11.7 Å². The van der Waals surface area contributed by atoms with Gasteiger partial charge in [-0.25, -0.2) is 9.37 Å². The zero-order chi connectivity index (χ0) is 22.1. The number of hydrogen-bond donors (Lipinski definition) is 1. The van der Waals surface area contributed by atoms with Crippen molar-refractivity contribution in [3.05, 3.63) is 87.2 Å². The van der Waals surface area contributed by atoms with Gasteiger partial charge in [0.1, 0.15) is 15.7 Å². The lowest BCUT2D eigenvalue weighted by Gasteiger charge is -2.03. The maximum atomic E-state index is 13.2. The summed E-state index contributed by atoms with van der Waals surface area (Å²) in [5, 5.41) is 11.3. The van der Waals surface area contributed by atoms with Crippen LogP contribution in [0.3, 0.4) is 0 Å². The number of aryl methyl sites for hydroxylation is 1. The van der Waals surface area contributed by atoms with E-state index in [2.05, 4.69) is 20.4 Å². The third-order valence-corrected chi connectivity index (χ3v) is 7.00. The first-order valence-corrected chi connectivity index (χ1v) is 11.6. The Bertz CT molecular complexity index is 1390. The number of aromatic nitrogens is 4. The van der Waals surface area contributed by atoms with Crippen LogP contribution in [0.5, 0.6) is 0 Å². The Kier molecular flexibility index (Phi) is 5.50. The standard InChI is InChI=1S/C23H18FN5OS2/c1-14-18-10-20(32-23(18)29(28-14)12-15-2-4-17(24)5-3-15)22(30)26-11-21-27-19(13-31-21)16-6-8-25-9-7-16/h2-10,13H,11-12H2,1H3,(H,26,30). The number of nitrogens with zero attached hydrogens (tertiary/aromatic N) is 4. The van der Waals surface area contributed by atoms with Crippen LogP contribution in [0.15, 0.2) is 60.2 Å². The molecule has 9 heteroatoms. The van der Waals surface area contributed by atoms with Crippen molar-refractivity contribution in [2.24, 2.45) is 0 Å². The Morgan fingerprint density at radius 3 is 2.72 bits per heavy atom. The van der Waals surface area contributed by atoms with Gasteiger partial charge in [-0.3, -0.25) is 14.5 Å². The number of nitrogens with one attached hydrogen (secondary N) is 1. The highest BCUT2D eigenvalue weighted by molar-refractivity contribution is 7.20. The third-order valence-electron chi connectivity index (χ3n) is 5.00. The predicted molar refractivity (Wildman–Crippen MR) is 124 cm³/mol. The van der Waals surface area contributed by atoms with Crippen molar-refractivity contribution in [1.82, 2.24) is 25.1 Å². The molecule has 0 fully saturated rings. The van der Waals surface area contributed by atoms with Gasteiger partial charge in [0.25, 0.3) is 5.91 Å². The lowest BCUT2D eigenvalue weighted by Crippen LogP contribution is -2.21. The van der Waals surface area contributed by atoms with Gasteiger partial charge in [-0.05, 0) is 42.8 Å². The number of benzene rings is 1. The quantitative estimate of drug-likeness (QED) is 0.383. The number of amides is 1. The lowest BCUT2D eigenvalue weighted by atomic mass is 10.2. The highest BCUT2D eigenvalue weighted by Gasteiger charge is 2.17. The summed E-state index contributed by atoms with van der Waals surface area (Å²) in [4.78, 5) is 22.9. The fraction of sp³-hybridized carbons (Fsp3) is 0.130. The topological polar surface area (TPSA) is 72.7 Å². The Labute approximate surface area is 191 Å². The van der Waals surface area contributed by atoms with Crippen LogP contribution in [0.2, 0.25) is 0 Å². The highest BCUT2D eigenvalue weighted by Crippen LogP contribution is 2.29. The van der Waals surface area contributed by atoms with Gasteiger partial charge >= 0.3 is 0 Å². The summed E-state index contributed by atoms with van der Waals surface area (Å²) in [6.45, 7) is 2.81. The summed E-state index contributed by atoms with van der Waals surface area (Å²) in [7, 11) is 0. The molecule has 0 aliphatic rings. The molecule has 0 atom stereocenters. The predicted octanol–water partition coefficient (Wildman–Crippen LogP) is 5.04. The van der Waals surface area contributed by atoms with Crippen LogP contribution in [0.25, 0.3) is 21.5 Å². The van der Waals surface area contributed by atoms with E-state index in [0.717, 1.165) is 37.7 Å². The fourth-order valence-electron chi connectivity index (χ4n) is 3.38. The first-order valence-electron chi connectivity index (χ1n) is 9.91. The van der Waals surface area contributed by atoms with Crippen molar-refractivity contribution in [3.63, 3.8) is 0 Å². The molecule has 1 amide bonds. The monoisotopic (exact) mass is 463 g/mol. The van der Waals surface area contributed by atoms with E-state index >= 15 is 0 Å². The van der Waals surface area contributed by atoms with Gasteiger partial charge in [0.15, 0.2) is 0 Å². The number of thiophene rings is 1. The largest absolute Gasteiger partial charge is 0.345 e. The van der Waals surface area contributed by atoms with Crippen LogP contribution in [0.1, 0.15) is 25.9 Å². The molecule has 0 aliphatic carbocycles. The van der Waals surface area contributed by atoms with Crippen molar-refractivity contribution in [2.45, 2.75) is 20.0 Å². The Morgan fingerprint density at radius 1 is 1.16 bits per heavy atom. The SMILES string of the molecule is Cc1nn(Cc2ccc(F)cc2)c2sc(C(=O)NCc3nc(-c4ccncc4)cs3)cc12. The number of fused-ring (bicyclic) bond motifs is 1. The molecule has 0 spiro atoms. The van der Waals surface area contributed by atoms with E-state index < -0.39 is 0 Å². The van der Waals surface area contributed by atoms with E-state index in [1.165, 1.54) is 34.8 Å². The first kappa shape index (κ1) is 20.5. The molecule has 32 heavy (non-hydrogen) atoms. The van der Waals surface area contributed by atoms with Crippen LogP contribution in [0.4, 0.5) is 4.39 Å². The summed E-state index contributed by atoms with van der Waals surface area (Å²) >= 11 is 2.91. The molecule has 1 aromatic carbocycles. The van der Waals surface area contributed by atoms with Gasteiger partial charge in [0.2, 0.25) is 0 Å². The average Bonchev–Trinajstić information content (AvgIpc) is 3.52. The molecule has 0 bridgehead atoms. The van der Waals surface area contributed by atoms with Crippen molar-refractivity contribution < 1.29 is 9.18 Å². The molecular formula is C23H18FN5OS2. The minimum atomic E-state index is -0.265. The average molecular weight is 464 g/mol. The van der Waals surface area contributed by atoms with Gasteiger partial charge in [0.05, 0.1) is 29.4 Å². The Hall–Kier alpha value is -3.43. The molecule has 4 heterocycles. The molecular weight excluding hydrogens is 445 g/mol. The van der Waals surface area contributed by atoms with E-state index in [0.29, 0.717) is 18.0 Å². The van der Waals surface area contributed by atoms with Gasteiger partial charge < -0.3 is 5.32 Å². The molecule has 160 valence electrons. The van der Waals surface area contributed by atoms with Gasteiger partial charge in [0, 0.05) is 28.7 Å². The molecule has 0 radical (unpaired) electrons. The second kappa shape index (κ2) is 8.60. The van der Waals surface area contributed by atoms with Crippen molar-refractivity contribution >= 4 is 38.8 Å². The van der Waals surface area contributed by atoms with E-state index in [1.54, 1.807) is 24.5 Å². The van der Waals surface area contributed by atoms with Crippen LogP contribution in [-0.4, -0.2) is 25.7 Å². The van der Waals surface area contributed by atoms with Crippen LogP contribution in [0, 0.1) is 12.7 Å². The minimum Gasteiger partial charge on any atom is -0.345 e. The normalized spacial score (nSPS) is 11.2. The summed E-state index contributed by atoms with van der Waals surface area (Å²) in [6, 6.07) is 12.1. The summed E-state index contributed by atoms with van der Waals surface area (Å²) in [5.41, 5.74) is 3.68. The van der Waals surface area contributed by atoms with Crippen molar-refractivity contribution in [3.8, 4) is 11.3 Å². The Morgan fingerprint density at radius 2 is 1.94 bits per heavy atom. The second-order valence-corrected chi connectivity index (χ2v) is 9.22. The Balaban J connectivity index is 1.30. The van der Waals surface area contributed by atoms with Crippen molar-refractivity contribution in [1.29, 1.82) is 0 Å². The molecule has 0 saturated heterocycles. The summed E-state index contributed by atoms with van der Waals surface area (Å²) in [5.74, 6) is -0.404. The van der Waals surface area contributed by atoms with E-state index in [4.69, 9.17) is 0 Å². The molecule has 0 aliphatic heterocycles. The number of pyridine rings is 1. The van der Waals surface area contributed by atoms with Crippen LogP contribution < -0.4 is 5.32 Å². The van der Waals surface area contributed by atoms with Gasteiger partial charge in [-0.15, -0.1) is 22.7 Å². The molecule has 5 rings (SSSR count). The molecule has 1 N–H and O–H groups in total. The number of hydrogen-bond acceptors (Lipinski definition) is 6. The molecule has 0 unspecified atom stereocenters. The number of halogens is 1. The van der Waals surface area contributed by atoms with Crippen LogP contribution >= 0.6 is 22.7 Å². The van der Waals surface area contributed by atoms with E-state index in [9.17, 15) is 9.18 Å². The minimum absolute atomic E-state index is 0.139. The fourth-order valence-corrected chi connectivity index (χ4v) is 5.21. The number of carbonyl (C=O) groups is 1. The highest BCUT2D eigenvalue weighted by atomic mass is 32.1. The van der Waals surface area contributed by atoms with Gasteiger partial charge in [-0.2, -0.15) is 5.10 Å². The smallest absolute Gasteiger partial charge is 0.261 e. The lowest BCUT2D eigenvalue weighted by molar-refractivity contribution is 0.0955. The number of rotatable bonds is 6. The summed E-state index contributed by atoms with van der Waals surface area (Å²) in [6.07, 6.45) is 3.47. The zero-order valence-electron chi connectivity index (χ0n) is 17.1. The van der Waals surface area contributed by atoms with Gasteiger partial charge in [-0.1, -0.05) is 12.1 Å². The third kappa shape index (κ3) is 4.17. The zero-order valence-corrected chi connectivity index (χ0v) is 18.7. The van der Waals surface area contributed by atoms with Crippen molar-refractivity contribution in [2.75, 3.05) is 0 Å². The summed E-state index contributed by atoms with van der Waals surface area (Å²) < 4.78 is 15.0. The number of carbonyl (C=O) groups excluding carboxylic acids is 1. The molecule has 4 aromatic heterocycles. The van der Waals surface area contributed by atoms with E-state index in [1.807, 2.05) is 35.2 Å². The molecule has 6 nitrogen and oxygen atoms in total.